The van der Waals surface area contributed by atoms with E-state index in [-0.39, 0.29) is 40.8 Å². The summed E-state index contributed by atoms with van der Waals surface area (Å²) < 4.78 is 18.6. The maximum Gasteiger partial charge on any atom is 0.180 e. The summed E-state index contributed by atoms with van der Waals surface area (Å²) in [5.41, 5.74) is 0.857. The highest BCUT2D eigenvalue weighted by molar-refractivity contribution is 6.01. The first kappa shape index (κ1) is 23.4. The van der Waals surface area contributed by atoms with Gasteiger partial charge in [0.05, 0.1) is 17.7 Å². The molecule has 2 heterocycles. The molecule has 0 aliphatic rings. The highest BCUT2D eigenvalue weighted by atomic mass is 16.5. The van der Waals surface area contributed by atoms with Gasteiger partial charge in [0.2, 0.25) is 0 Å². The van der Waals surface area contributed by atoms with E-state index in [1.54, 1.807) is 31.2 Å². The predicted molar refractivity (Wildman–Crippen MR) is 133 cm³/mol. The van der Waals surface area contributed by atoms with Crippen molar-refractivity contribution < 1.29 is 33.4 Å². The number of phenols is 2. The standard InChI is InChI=1S/C29H24O7/c1-16(30)21-9-19-11-27(35-25(19)13-23(21)32)29(3,34-15-18-7-5-4-6-8-18)28-12-20-10-22(17(2)31)24(33)14-26(20)36-28/h4-14,32-33H,15H2,1-3H3. The monoisotopic (exact) mass is 484 g/mol. The summed E-state index contributed by atoms with van der Waals surface area (Å²) in [5.74, 6) is -0.0815. The molecular formula is C29H24O7. The number of benzene rings is 3. The second kappa shape index (κ2) is 8.70. The smallest absolute Gasteiger partial charge is 0.180 e. The third-order valence-electron chi connectivity index (χ3n) is 6.34. The van der Waals surface area contributed by atoms with Gasteiger partial charge in [0.15, 0.2) is 17.2 Å². The van der Waals surface area contributed by atoms with Gasteiger partial charge in [0, 0.05) is 22.9 Å². The number of hydrogen-bond acceptors (Lipinski definition) is 7. The number of furan rings is 2. The van der Waals surface area contributed by atoms with Crippen molar-refractivity contribution in [2.24, 2.45) is 0 Å². The van der Waals surface area contributed by atoms with Crippen LogP contribution in [0.15, 0.2) is 75.6 Å². The number of Topliss-reactive ketones (excluding diaryl/α,β-unsaturated/α-hetero) is 2. The number of hydrogen-bond donors (Lipinski definition) is 2. The Morgan fingerprint density at radius 1 is 0.778 bits per heavy atom. The van der Waals surface area contributed by atoms with Crippen LogP contribution in [0.5, 0.6) is 11.5 Å². The lowest BCUT2D eigenvalue weighted by molar-refractivity contribution is -0.0431. The summed E-state index contributed by atoms with van der Waals surface area (Å²) in [5, 5.41) is 21.8. The first-order valence-electron chi connectivity index (χ1n) is 11.4. The highest BCUT2D eigenvalue weighted by Crippen LogP contribution is 2.41. The molecule has 0 radical (unpaired) electrons. The quantitative estimate of drug-likeness (QED) is 0.255. The van der Waals surface area contributed by atoms with Crippen LogP contribution < -0.4 is 0 Å². The van der Waals surface area contributed by atoms with Crippen LogP contribution in [0.4, 0.5) is 0 Å². The maximum absolute atomic E-state index is 11.9. The first-order valence-corrected chi connectivity index (χ1v) is 11.4. The van der Waals surface area contributed by atoms with Crippen LogP contribution in [0, 0.1) is 0 Å². The summed E-state index contributed by atoms with van der Waals surface area (Å²) in [6.07, 6.45) is 0. The molecule has 5 aromatic rings. The molecule has 2 N–H and O–H groups in total. The van der Waals surface area contributed by atoms with Crippen LogP contribution in [-0.4, -0.2) is 21.8 Å². The van der Waals surface area contributed by atoms with Gasteiger partial charge in [-0.1, -0.05) is 30.3 Å². The van der Waals surface area contributed by atoms with E-state index in [2.05, 4.69) is 0 Å². The van der Waals surface area contributed by atoms with E-state index in [1.165, 1.54) is 26.0 Å². The van der Waals surface area contributed by atoms with Crippen molar-refractivity contribution in [3.05, 3.63) is 94.9 Å². The Balaban J connectivity index is 1.66. The Hall–Kier alpha value is -4.36. The van der Waals surface area contributed by atoms with Gasteiger partial charge < -0.3 is 23.8 Å². The van der Waals surface area contributed by atoms with E-state index in [9.17, 15) is 19.8 Å². The van der Waals surface area contributed by atoms with Gasteiger partial charge in [-0.25, -0.2) is 0 Å². The molecule has 5 rings (SSSR count). The third-order valence-corrected chi connectivity index (χ3v) is 6.34. The van der Waals surface area contributed by atoms with Crippen LogP contribution in [0.2, 0.25) is 0 Å². The van der Waals surface area contributed by atoms with Gasteiger partial charge in [-0.2, -0.15) is 0 Å². The summed E-state index contributed by atoms with van der Waals surface area (Å²) in [6, 6.07) is 19.1. The second-order valence-corrected chi connectivity index (χ2v) is 8.96. The Labute approximate surface area is 206 Å². The van der Waals surface area contributed by atoms with Crippen LogP contribution in [0.3, 0.4) is 0 Å². The molecule has 3 aromatic carbocycles. The maximum atomic E-state index is 11.9. The number of fused-ring (bicyclic) bond motifs is 2. The van der Waals surface area contributed by atoms with E-state index in [4.69, 9.17) is 13.6 Å². The molecule has 0 aliphatic heterocycles. The molecule has 182 valence electrons. The van der Waals surface area contributed by atoms with Gasteiger partial charge in [0.1, 0.15) is 34.2 Å². The molecule has 0 atom stereocenters. The van der Waals surface area contributed by atoms with Gasteiger partial charge >= 0.3 is 0 Å². The van der Waals surface area contributed by atoms with Crippen LogP contribution in [-0.2, 0) is 16.9 Å². The van der Waals surface area contributed by atoms with Crippen LogP contribution in [0.1, 0.15) is 58.6 Å². The molecule has 0 saturated heterocycles. The predicted octanol–water partition coefficient (Wildman–Crippen LogP) is 6.48. The van der Waals surface area contributed by atoms with E-state index < -0.39 is 5.60 Å². The zero-order chi connectivity index (χ0) is 25.6. The van der Waals surface area contributed by atoms with Crippen molar-refractivity contribution in [3.8, 4) is 11.5 Å². The van der Waals surface area contributed by atoms with E-state index >= 15 is 0 Å². The van der Waals surface area contributed by atoms with E-state index in [0.717, 1.165) is 5.56 Å². The van der Waals surface area contributed by atoms with Gasteiger partial charge in [0.25, 0.3) is 0 Å². The molecule has 2 aromatic heterocycles. The summed E-state index contributed by atoms with van der Waals surface area (Å²) >= 11 is 0. The summed E-state index contributed by atoms with van der Waals surface area (Å²) in [4.78, 5) is 23.8. The Morgan fingerprint density at radius 2 is 1.25 bits per heavy atom. The molecule has 0 fully saturated rings. The Morgan fingerprint density at radius 3 is 1.69 bits per heavy atom. The lowest BCUT2D eigenvalue weighted by Gasteiger charge is -2.25. The topological polar surface area (TPSA) is 110 Å². The van der Waals surface area contributed by atoms with Crippen LogP contribution in [0.25, 0.3) is 21.9 Å². The molecule has 36 heavy (non-hydrogen) atoms. The van der Waals surface area contributed by atoms with Gasteiger partial charge in [-0.3, -0.25) is 9.59 Å². The second-order valence-electron chi connectivity index (χ2n) is 8.96. The minimum Gasteiger partial charge on any atom is -0.507 e. The zero-order valence-electron chi connectivity index (χ0n) is 20.0. The fraction of sp³-hybridized carbons (Fsp3) is 0.172. The molecule has 0 aliphatic carbocycles. The van der Waals surface area contributed by atoms with Gasteiger partial charge in [-0.05, 0) is 50.6 Å². The molecule has 0 saturated carbocycles. The largest absolute Gasteiger partial charge is 0.507 e. The molecule has 0 spiro atoms. The number of ether oxygens (including phenoxy) is 1. The zero-order valence-corrected chi connectivity index (χ0v) is 20.0. The van der Waals surface area contributed by atoms with Crippen molar-refractivity contribution >= 4 is 33.5 Å². The summed E-state index contributed by atoms with van der Waals surface area (Å²) in [7, 11) is 0. The molecule has 0 unspecified atom stereocenters. The number of rotatable bonds is 7. The third kappa shape index (κ3) is 4.03. The number of carbonyl (C=O) groups is 2. The Bertz CT molecular complexity index is 1520. The molecule has 7 nitrogen and oxygen atoms in total. The highest BCUT2D eigenvalue weighted by Gasteiger charge is 2.38. The minimum atomic E-state index is -1.23. The van der Waals surface area contributed by atoms with Gasteiger partial charge in [-0.15, -0.1) is 0 Å². The number of carbonyl (C=O) groups excluding carboxylic acids is 2. The average molecular weight is 485 g/mol. The van der Waals surface area contributed by atoms with Crippen molar-refractivity contribution in [1.29, 1.82) is 0 Å². The van der Waals surface area contributed by atoms with Crippen LogP contribution >= 0.6 is 0 Å². The van der Waals surface area contributed by atoms with E-state index in [1.807, 2.05) is 30.3 Å². The number of ketones is 2. The lowest BCUT2D eigenvalue weighted by Crippen LogP contribution is -2.26. The lowest BCUT2D eigenvalue weighted by atomic mass is 9.98. The van der Waals surface area contributed by atoms with Crippen molar-refractivity contribution in [3.63, 3.8) is 0 Å². The number of aromatic hydroxyl groups is 2. The van der Waals surface area contributed by atoms with E-state index in [0.29, 0.717) is 33.5 Å². The van der Waals surface area contributed by atoms with Crippen molar-refractivity contribution in [1.82, 2.24) is 0 Å². The minimum absolute atomic E-state index is 0.168. The first-order chi connectivity index (χ1) is 17.2. The molecule has 0 amide bonds. The average Bonchev–Trinajstić information content (AvgIpc) is 3.46. The summed E-state index contributed by atoms with van der Waals surface area (Å²) in [6.45, 7) is 4.80. The Kier molecular flexibility index (Phi) is 5.65. The molecule has 0 bridgehead atoms. The molecule has 7 heteroatoms. The number of phenolic OH excluding ortho intramolecular Hbond substituents is 2. The van der Waals surface area contributed by atoms with Crippen molar-refractivity contribution in [2.45, 2.75) is 33.0 Å². The fourth-order valence-corrected chi connectivity index (χ4v) is 4.25. The fourth-order valence-electron chi connectivity index (χ4n) is 4.25. The SMILES string of the molecule is CC(=O)c1cc2cc(C(C)(OCc3ccccc3)c3cc4cc(C(C)=O)c(O)cc4o3)oc2cc1O. The van der Waals surface area contributed by atoms with Crippen molar-refractivity contribution in [2.75, 3.05) is 0 Å². The normalized spacial score (nSPS) is 11.9. The molecular weight excluding hydrogens is 460 g/mol.